The Morgan fingerprint density at radius 2 is 1.55 bits per heavy atom. The zero-order chi connectivity index (χ0) is 22.0. The number of aliphatic hydroxyl groups is 1. The average Bonchev–Trinajstić information content (AvgIpc) is 3.04. The molecular formula is C26H23NO4. The Morgan fingerprint density at radius 1 is 0.903 bits per heavy atom. The number of aromatic hydroxyl groups is 1. The number of hydrogen-bond donors (Lipinski definition) is 2. The Kier molecular flexibility index (Phi) is 5.58. The van der Waals surface area contributed by atoms with Gasteiger partial charge in [0, 0.05) is 12.1 Å². The zero-order valence-electron chi connectivity index (χ0n) is 17.2. The van der Waals surface area contributed by atoms with E-state index in [1.54, 1.807) is 24.3 Å². The smallest absolute Gasteiger partial charge is 0.295 e. The molecule has 2 N–H and O–H groups in total. The van der Waals surface area contributed by atoms with Crippen LogP contribution in [-0.2, 0) is 16.0 Å². The van der Waals surface area contributed by atoms with Gasteiger partial charge in [-0.05, 0) is 36.6 Å². The summed E-state index contributed by atoms with van der Waals surface area (Å²) in [5, 5.41) is 20.7. The van der Waals surface area contributed by atoms with Crippen LogP contribution in [0.2, 0.25) is 0 Å². The Hall–Kier alpha value is -3.86. The number of ketones is 1. The summed E-state index contributed by atoms with van der Waals surface area (Å²) >= 11 is 0. The number of hydrogen-bond acceptors (Lipinski definition) is 4. The van der Waals surface area contributed by atoms with Crippen LogP contribution in [0.15, 0.2) is 84.4 Å². The summed E-state index contributed by atoms with van der Waals surface area (Å²) < 4.78 is 0. The fourth-order valence-corrected chi connectivity index (χ4v) is 3.87. The minimum absolute atomic E-state index is 0.0626. The summed E-state index contributed by atoms with van der Waals surface area (Å²) in [5.41, 5.74) is 3.27. The number of carbonyl (C=O) groups excluding carboxylic acids is 2. The van der Waals surface area contributed by atoms with E-state index < -0.39 is 17.7 Å². The van der Waals surface area contributed by atoms with Gasteiger partial charge in [0.1, 0.15) is 11.5 Å². The van der Waals surface area contributed by atoms with E-state index in [9.17, 15) is 19.8 Å². The van der Waals surface area contributed by atoms with Crippen molar-refractivity contribution in [2.45, 2.75) is 19.4 Å². The number of Topliss-reactive ketones (excluding diaryl/α,β-unsaturated/α-hetero) is 1. The van der Waals surface area contributed by atoms with Gasteiger partial charge in [0.05, 0.1) is 11.6 Å². The number of benzene rings is 3. The summed E-state index contributed by atoms with van der Waals surface area (Å²) in [7, 11) is 0. The molecule has 1 saturated heterocycles. The summed E-state index contributed by atoms with van der Waals surface area (Å²) in [6.07, 6.45) is 0.576. The number of carbonyl (C=O) groups is 2. The molecule has 1 aliphatic rings. The minimum Gasteiger partial charge on any atom is -0.508 e. The molecule has 1 amide bonds. The molecule has 3 aromatic rings. The number of phenols is 1. The van der Waals surface area contributed by atoms with Crippen LogP contribution in [0.25, 0.3) is 5.76 Å². The predicted molar refractivity (Wildman–Crippen MR) is 118 cm³/mol. The first-order valence-corrected chi connectivity index (χ1v) is 10.1. The first kappa shape index (κ1) is 20.4. The normalized spacial score (nSPS) is 17.8. The maximum Gasteiger partial charge on any atom is 0.295 e. The van der Waals surface area contributed by atoms with E-state index in [-0.39, 0.29) is 17.1 Å². The molecular weight excluding hydrogens is 390 g/mol. The topological polar surface area (TPSA) is 77.8 Å². The van der Waals surface area contributed by atoms with Gasteiger partial charge in [0.25, 0.3) is 11.7 Å². The molecule has 1 heterocycles. The highest BCUT2D eigenvalue weighted by molar-refractivity contribution is 6.46. The summed E-state index contributed by atoms with van der Waals surface area (Å²) in [5.74, 6) is -1.45. The molecule has 0 bridgehead atoms. The molecule has 1 fully saturated rings. The van der Waals surface area contributed by atoms with Gasteiger partial charge >= 0.3 is 0 Å². The van der Waals surface area contributed by atoms with Crippen molar-refractivity contribution in [1.29, 1.82) is 0 Å². The second-order valence-corrected chi connectivity index (χ2v) is 7.69. The number of likely N-dealkylation sites (tertiary alicyclic amines) is 1. The van der Waals surface area contributed by atoms with Crippen molar-refractivity contribution < 1.29 is 19.8 Å². The van der Waals surface area contributed by atoms with Gasteiger partial charge in [-0.2, -0.15) is 0 Å². The standard InChI is InChI=1S/C26H23NO4/c1-17-7-9-20(10-8-17)24(29)22-23(19-11-13-21(28)14-12-19)27(26(31)25(22)30)16-15-18-5-3-2-4-6-18/h2-14,23,28-29H,15-16H2,1H3/b24-22-. The number of aliphatic hydroxyl groups excluding tert-OH is 1. The Morgan fingerprint density at radius 3 is 2.19 bits per heavy atom. The van der Waals surface area contributed by atoms with Crippen LogP contribution < -0.4 is 0 Å². The van der Waals surface area contributed by atoms with Crippen LogP contribution in [0.1, 0.15) is 28.3 Å². The highest BCUT2D eigenvalue weighted by Gasteiger charge is 2.45. The van der Waals surface area contributed by atoms with Crippen LogP contribution >= 0.6 is 0 Å². The molecule has 1 unspecified atom stereocenters. The average molecular weight is 413 g/mol. The molecule has 0 aliphatic carbocycles. The number of nitrogens with zero attached hydrogens (tertiary/aromatic N) is 1. The van der Waals surface area contributed by atoms with Gasteiger partial charge in [-0.1, -0.05) is 72.3 Å². The predicted octanol–water partition coefficient (Wildman–Crippen LogP) is 4.37. The van der Waals surface area contributed by atoms with Crippen LogP contribution in [0.5, 0.6) is 5.75 Å². The first-order chi connectivity index (χ1) is 15.0. The highest BCUT2D eigenvalue weighted by atomic mass is 16.3. The van der Waals surface area contributed by atoms with Crippen LogP contribution in [0.3, 0.4) is 0 Å². The highest BCUT2D eigenvalue weighted by Crippen LogP contribution is 2.39. The van der Waals surface area contributed by atoms with Gasteiger partial charge in [0.2, 0.25) is 0 Å². The minimum atomic E-state index is -0.731. The van der Waals surface area contributed by atoms with Gasteiger partial charge < -0.3 is 15.1 Å². The van der Waals surface area contributed by atoms with Crippen molar-refractivity contribution in [2.75, 3.05) is 6.54 Å². The van der Waals surface area contributed by atoms with Gasteiger partial charge in [0.15, 0.2) is 0 Å². The van der Waals surface area contributed by atoms with Crippen LogP contribution in [0, 0.1) is 6.92 Å². The third-order valence-electron chi connectivity index (χ3n) is 5.56. The number of aryl methyl sites for hydroxylation is 1. The lowest BCUT2D eigenvalue weighted by atomic mass is 9.95. The number of phenolic OH excluding ortho intramolecular Hbond substituents is 1. The van der Waals surface area contributed by atoms with E-state index in [2.05, 4.69) is 0 Å². The quantitative estimate of drug-likeness (QED) is 0.370. The second kappa shape index (κ2) is 8.48. The summed E-state index contributed by atoms with van der Waals surface area (Å²) in [6, 6.07) is 22.5. The molecule has 4 rings (SSSR count). The van der Waals surface area contributed by atoms with Crippen LogP contribution in [-0.4, -0.2) is 33.3 Å². The third-order valence-corrected chi connectivity index (χ3v) is 5.56. The molecule has 5 heteroatoms. The SMILES string of the molecule is Cc1ccc(/C(O)=C2/C(=O)C(=O)N(CCc3ccccc3)C2c2ccc(O)cc2)cc1. The van der Waals surface area contributed by atoms with E-state index in [1.807, 2.05) is 49.4 Å². The molecule has 3 aromatic carbocycles. The second-order valence-electron chi connectivity index (χ2n) is 7.69. The zero-order valence-corrected chi connectivity index (χ0v) is 17.2. The lowest BCUT2D eigenvalue weighted by Gasteiger charge is -2.25. The maximum atomic E-state index is 13.0. The Labute approximate surface area is 180 Å². The van der Waals surface area contributed by atoms with E-state index in [0.29, 0.717) is 24.1 Å². The van der Waals surface area contributed by atoms with Crippen molar-refractivity contribution in [1.82, 2.24) is 4.90 Å². The van der Waals surface area contributed by atoms with Crippen molar-refractivity contribution in [3.63, 3.8) is 0 Å². The third kappa shape index (κ3) is 4.08. The molecule has 156 valence electrons. The summed E-state index contributed by atoms with van der Waals surface area (Å²) in [4.78, 5) is 27.5. The molecule has 5 nitrogen and oxygen atoms in total. The van der Waals surface area contributed by atoms with Crippen molar-refractivity contribution in [2.24, 2.45) is 0 Å². The molecule has 0 aromatic heterocycles. The van der Waals surface area contributed by atoms with E-state index in [1.165, 1.54) is 17.0 Å². The van der Waals surface area contributed by atoms with Crippen molar-refractivity contribution in [3.8, 4) is 5.75 Å². The van der Waals surface area contributed by atoms with E-state index in [0.717, 1.165) is 11.1 Å². The Bertz CT molecular complexity index is 1130. The number of amides is 1. The van der Waals surface area contributed by atoms with Crippen molar-refractivity contribution in [3.05, 3.63) is 107 Å². The van der Waals surface area contributed by atoms with Gasteiger partial charge in [-0.15, -0.1) is 0 Å². The largest absolute Gasteiger partial charge is 0.508 e. The van der Waals surface area contributed by atoms with E-state index in [4.69, 9.17) is 0 Å². The lowest BCUT2D eigenvalue weighted by molar-refractivity contribution is -0.139. The van der Waals surface area contributed by atoms with Gasteiger partial charge in [-0.25, -0.2) is 0 Å². The fourth-order valence-electron chi connectivity index (χ4n) is 3.87. The summed E-state index contributed by atoms with van der Waals surface area (Å²) in [6.45, 7) is 2.26. The van der Waals surface area contributed by atoms with Crippen LogP contribution in [0.4, 0.5) is 0 Å². The van der Waals surface area contributed by atoms with Crippen molar-refractivity contribution >= 4 is 17.4 Å². The maximum absolute atomic E-state index is 13.0. The molecule has 1 aliphatic heterocycles. The van der Waals surface area contributed by atoms with E-state index >= 15 is 0 Å². The first-order valence-electron chi connectivity index (χ1n) is 10.1. The van der Waals surface area contributed by atoms with Gasteiger partial charge in [-0.3, -0.25) is 9.59 Å². The molecule has 1 atom stereocenters. The molecule has 0 spiro atoms. The monoisotopic (exact) mass is 413 g/mol. The number of rotatable bonds is 5. The fraction of sp³-hybridized carbons (Fsp3) is 0.154. The molecule has 0 saturated carbocycles. The lowest BCUT2D eigenvalue weighted by Crippen LogP contribution is -2.31. The molecule has 0 radical (unpaired) electrons. The Balaban J connectivity index is 1.78. The molecule has 31 heavy (non-hydrogen) atoms.